The van der Waals surface area contributed by atoms with E-state index in [0.29, 0.717) is 12.4 Å². The quantitative estimate of drug-likeness (QED) is 0.435. The second-order valence-electron chi connectivity index (χ2n) is 10.1. The van der Waals surface area contributed by atoms with Crippen molar-refractivity contribution >= 4 is 12.4 Å². The standard InChI is InChI=1S/C15H29NO2.C7H8.C5H10O2/c1-11(2)8-9-13-6-5-7-14(16-4)15(17)18-12(3)10-13;1-7-5-3-2-4-6-7;1-5(2,3)7-4-6/h11-14,16H,5-10H2,1-4H3;2-6H,1H3;4H,1-3H3/t12?,13?,14-;;/m0../s1. The maximum absolute atomic E-state index is 11.8. The van der Waals surface area contributed by atoms with E-state index >= 15 is 0 Å². The highest BCUT2D eigenvalue weighted by Crippen LogP contribution is 2.26. The molecule has 0 radical (unpaired) electrons. The number of benzene rings is 1. The molecule has 3 atom stereocenters. The highest BCUT2D eigenvalue weighted by Gasteiger charge is 2.25. The molecule has 1 N–H and O–H groups in total. The fourth-order valence-electron chi connectivity index (χ4n) is 3.42. The number of nitrogens with one attached hydrogen (secondary N) is 1. The molecule has 0 saturated carbocycles. The van der Waals surface area contributed by atoms with Gasteiger partial charge in [-0.1, -0.05) is 75.4 Å². The van der Waals surface area contributed by atoms with Crippen LogP contribution in [0.15, 0.2) is 30.3 Å². The highest BCUT2D eigenvalue weighted by atomic mass is 16.5. The lowest BCUT2D eigenvalue weighted by Crippen LogP contribution is -2.36. The molecule has 0 amide bonds. The van der Waals surface area contributed by atoms with Gasteiger partial charge in [0.2, 0.25) is 0 Å². The van der Waals surface area contributed by atoms with Crippen LogP contribution in [0.2, 0.25) is 0 Å². The van der Waals surface area contributed by atoms with Gasteiger partial charge >= 0.3 is 5.97 Å². The van der Waals surface area contributed by atoms with Gasteiger partial charge in [0.15, 0.2) is 0 Å². The third-order valence-corrected chi connectivity index (χ3v) is 5.22. The van der Waals surface area contributed by atoms with Gasteiger partial charge in [-0.3, -0.25) is 9.59 Å². The van der Waals surface area contributed by atoms with Crippen molar-refractivity contribution in [3.05, 3.63) is 35.9 Å². The zero-order valence-corrected chi connectivity index (χ0v) is 21.6. The smallest absolute Gasteiger partial charge is 0.323 e. The van der Waals surface area contributed by atoms with E-state index in [1.54, 1.807) is 0 Å². The minimum absolute atomic E-state index is 0.0589. The molecule has 1 saturated heterocycles. The summed E-state index contributed by atoms with van der Waals surface area (Å²) >= 11 is 0. The molecule has 5 heteroatoms. The first kappa shape index (κ1) is 30.1. The van der Waals surface area contributed by atoms with Crippen molar-refractivity contribution in [2.45, 2.75) is 105 Å². The van der Waals surface area contributed by atoms with Gasteiger partial charge < -0.3 is 14.8 Å². The average molecular weight is 450 g/mol. The number of hydrogen-bond donors (Lipinski definition) is 1. The molecule has 32 heavy (non-hydrogen) atoms. The predicted octanol–water partition coefficient (Wildman–Crippen LogP) is 6.09. The molecule has 1 aromatic carbocycles. The molecule has 2 rings (SSSR count). The van der Waals surface area contributed by atoms with Crippen LogP contribution in [0.1, 0.15) is 85.6 Å². The second kappa shape index (κ2) is 16.7. The molecule has 0 spiro atoms. The summed E-state index contributed by atoms with van der Waals surface area (Å²) in [5, 5.41) is 3.06. The van der Waals surface area contributed by atoms with Crippen LogP contribution in [0.5, 0.6) is 0 Å². The van der Waals surface area contributed by atoms with Crippen LogP contribution in [0, 0.1) is 18.8 Å². The van der Waals surface area contributed by atoms with E-state index in [1.807, 2.05) is 52.9 Å². The number of ether oxygens (including phenoxy) is 2. The lowest BCUT2D eigenvalue weighted by molar-refractivity contribution is -0.151. The largest absolute Gasteiger partial charge is 0.462 e. The number of cyclic esters (lactones) is 1. The number of esters is 1. The monoisotopic (exact) mass is 449 g/mol. The van der Waals surface area contributed by atoms with E-state index in [1.165, 1.54) is 24.8 Å². The van der Waals surface area contributed by atoms with Crippen LogP contribution in [-0.4, -0.2) is 37.2 Å². The van der Waals surface area contributed by atoms with E-state index in [4.69, 9.17) is 4.74 Å². The number of carbonyl (C=O) groups is 2. The summed E-state index contributed by atoms with van der Waals surface area (Å²) in [6.45, 7) is 14.6. The maximum Gasteiger partial charge on any atom is 0.323 e. The first-order valence-electron chi connectivity index (χ1n) is 12.0. The van der Waals surface area contributed by atoms with Gasteiger partial charge in [-0.2, -0.15) is 0 Å². The lowest BCUT2D eigenvalue weighted by Gasteiger charge is -2.20. The van der Waals surface area contributed by atoms with Gasteiger partial charge in [0.25, 0.3) is 6.47 Å². The van der Waals surface area contributed by atoms with Crippen LogP contribution < -0.4 is 5.32 Å². The Balaban J connectivity index is 0.000000560. The van der Waals surface area contributed by atoms with Crippen LogP contribution in [0.4, 0.5) is 0 Å². The molecule has 2 unspecified atom stereocenters. The summed E-state index contributed by atoms with van der Waals surface area (Å²) in [6.07, 6.45) is 6.88. The molecule has 0 aromatic heterocycles. The summed E-state index contributed by atoms with van der Waals surface area (Å²) < 4.78 is 10.1. The molecule has 1 aliphatic rings. The van der Waals surface area contributed by atoms with Gasteiger partial charge in [-0.25, -0.2) is 0 Å². The predicted molar refractivity (Wildman–Crippen MR) is 133 cm³/mol. The normalized spacial score (nSPS) is 21.4. The number of carbonyl (C=O) groups excluding carboxylic acids is 2. The van der Waals surface area contributed by atoms with Crippen molar-refractivity contribution in [1.82, 2.24) is 5.32 Å². The third kappa shape index (κ3) is 16.8. The first-order chi connectivity index (χ1) is 15.0. The van der Waals surface area contributed by atoms with Crippen LogP contribution >= 0.6 is 0 Å². The minimum Gasteiger partial charge on any atom is -0.462 e. The van der Waals surface area contributed by atoms with Crippen molar-refractivity contribution < 1.29 is 19.1 Å². The van der Waals surface area contributed by atoms with Crippen molar-refractivity contribution in [3.8, 4) is 0 Å². The number of hydrogen-bond acceptors (Lipinski definition) is 5. The Morgan fingerprint density at radius 1 is 1.19 bits per heavy atom. The topological polar surface area (TPSA) is 64.6 Å². The molecular formula is C27H47NO4. The van der Waals surface area contributed by atoms with Crippen LogP contribution in [0.25, 0.3) is 0 Å². The molecule has 1 aromatic rings. The summed E-state index contributed by atoms with van der Waals surface area (Å²) in [7, 11) is 1.84. The van der Waals surface area contributed by atoms with Crippen LogP contribution in [0.3, 0.4) is 0 Å². The number of rotatable bonds is 5. The number of aryl methyl sites for hydroxylation is 1. The van der Waals surface area contributed by atoms with Gasteiger partial charge in [-0.15, -0.1) is 0 Å². The molecule has 0 aliphatic carbocycles. The van der Waals surface area contributed by atoms with Crippen molar-refractivity contribution in [3.63, 3.8) is 0 Å². The van der Waals surface area contributed by atoms with Gasteiger partial charge in [0.05, 0.1) is 6.10 Å². The van der Waals surface area contributed by atoms with Gasteiger partial charge in [0, 0.05) is 0 Å². The molecule has 184 valence electrons. The second-order valence-corrected chi connectivity index (χ2v) is 10.1. The van der Waals surface area contributed by atoms with E-state index in [2.05, 4.69) is 43.0 Å². The Morgan fingerprint density at radius 3 is 2.22 bits per heavy atom. The van der Waals surface area contributed by atoms with E-state index < -0.39 is 0 Å². The molecule has 5 nitrogen and oxygen atoms in total. The first-order valence-corrected chi connectivity index (χ1v) is 12.0. The van der Waals surface area contributed by atoms with E-state index in [0.717, 1.165) is 25.2 Å². The Labute approximate surface area is 196 Å². The van der Waals surface area contributed by atoms with E-state index in [-0.39, 0.29) is 23.7 Å². The molecule has 1 fully saturated rings. The average Bonchev–Trinajstić information content (AvgIpc) is 2.75. The Kier molecular flexibility index (Phi) is 15.7. The summed E-state index contributed by atoms with van der Waals surface area (Å²) in [5.41, 5.74) is 1.00. The molecular weight excluding hydrogens is 402 g/mol. The maximum atomic E-state index is 11.8. The summed E-state index contributed by atoms with van der Waals surface area (Å²) in [4.78, 5) is 21.4. The minimum atomic E-state index is -0.318. The van der Waals surface area contributed by atoms with Gasteiger partial charge in [-0.05, 0) is 66.3 Å². The Bertz CT molecular complexity index is 610. The van der Waals surface area contributed by atoms with E-state index in [9.17, 15) is 9.59 Å². The Morgan fingerprint density at radius 2 is 1.81 bits per heavy atom. The van der Waals surface area contributed by atoms with Crippen molar-refractivity contribution in [2.24, 2.45) is 11.8 Å². The molecule has 1 aliphatic heterocycles. The molecule has 0 bridgehead atoms. The lowest BCUT2D eigenvalue weighted by atomic mass is 9.89. The SMILES string of the molecule is CC(C)(C)OC=O.CN[C@H]1CCCC(CCC(C)C)CC(C)OC1=O.Cc1ccccc1. The Hall–Kier alpha value is -1.88. The van der Waals surface area contributed by atoms with Crippen molar-refractivity contribution in [1.29, 1.82) is 0 Å². The molecule has 1 heterocycles. The van der Waals surface area contributed by atoms with Crippen molar-refractivity contribution in [2.75, 3.05) is 7.05 Å². The highest BCUT2D eigenvalue weighted by molar-refractivity contribution is 5.75. The third-order valence-electron chi connectivity index (χ3n) is 5.22. The zero-order valence-electron chi connectivity index (χ0n) is 21.6. The van der Waals surface area contributed by atoms with Gasteiger partial charge in [0.1, 0.15) is 11.6 Å². The number of likely N-dealkylation sites (N-methyl/N-ethyl adjacent to an activating group) is 1. The zero-order chi connectivity index (χ0) is 24.6. The fraction of sp³-hybridized carbons (Fsp3) is 0.704. The fourth-order valence-corrected chi connectivity index (χ4v) is 3.42. The summed E-state index contributed by atoms with van der Waals surface area (Å²) in [5.74, 6) is 1.40. The summed E-state index contributed by atoms with van der Waals surface area (Å²) in [6, 6.07) is 10.1. The van der Waals surface area contributed by atoms with Crippen LogP contribution in [-0.2, 0) is 19.1 Å².